The minimum Gasteiger partial charge on any atom is -0.480 e. The summed E-state index contributed by atoms with van der Waals surface area (Å²) in [6, 6.07) is 3.57. The number of ketones is 1. The molecule has 0 saturated heterocycles. The number of aliphatic carboxylic acids is 1. The molecular weight excluding hydrogens is 679 g/mol. The predicted octanol–water partition coefficient (Wildman–Crippen LogP) is 3.71. The van der Waals surface area contributed by atoms with E-state index in [1.807, 2.05) is 19.9 Å². The fraction of sp³-hybridized carbons (Fsp3) is 0.528. The second-order valence-electron chi connectivity index (χ2n) is 12.8. The molecule has 16 heteroatoms. The molecule has 0 bridgehead atoms. The van der Waals surface area contributed by atoms with Gasteiger partial charge in [0.2, 0.25) is 0 Å². The monoisotopic (exact) mass is 726 g/mol. The molecule has 1 aliphatic rings. The number of ether oxygens (including phenoxy) is 3. The number of carboxylic acids is 1. The number of amides is 2. The number of nitrogens with one attached hydrogen (secondary N) is 2. The van der Waals surface area contributed by atoms with Crippen LogP contribution in [0.1, 0.15) is 99.4 Å². The van der Waals surface area contributed by atoms with Gasteiger partial charge in [0.05, 0.1) is 5.56 Å². The van der Waals surface area contributed by atoms with Crippen LogP contribution in [0.5, 0.6) is 0 Å². The Kier molecular flexibility index (Phi) is 15.2. The van der Waals surface area contributed by atoms with Gasteiger partial charge in [0.1, 0.15) is 49.1 Å². The SMILES string of the molecule is CCC(=O)c1ccc(F)c(C2CC2NC(=O)Nc2ccc(C#N)cn2)c1C(OC(=O)[C@H](N)[C@H](C)CC)C(COC(=O)[C@H](N)[C@H](C)CC)OCC(=O)O. The quantitative estimate of drug-likeness (QED) is 0.102. The third kappa shape index (κ3) is 10.8. The molecule has 2 aromatic rings. The van der Waals surface area contributed by atoms with Gasteiger partial charge in [0, 0.05) is 41.3 Å². The lowest BCUT2D eigenvalue weighted by atomic mass is 9.87. The maximum atomic E-state index is 16.1. The first-order valence-corrected chi connectivity index (χ1v) is 17.2. The summed E-state index contributed by atoms with van der Waals surface area (Å²) in [5.74, 6) is -5.70. The van der Waals surface area contributed by atoms with E-state index in [1.54, 1.807) is 20.8 Å². The van der Waals surface area contributed by atoms with Crippen LogP contribution in [0.15, 0.2) is 30.5 Å². The number of hydrogen-bond acceptors (Lipinski definition) is 12. The molecule has 1 aromatic heterocycles. The number of pyridine rings is 1. The Hall–Kier alpha value is -4.98. The van der Waals surface area contributed by atoms with E-state index in [0.717, 1.165) is 6.07 Å². The fourth-order valence-corrected chi connectivity index (χ4v) is 5.41. The molecule has 282 valence electrons. The number of urea groups is 1. The number of anilines is 1. The van der Waals surface area contributed by atoms with Gasteiger partial charge in [0.15, 0.2) is 11.9 Å². The van der Waals surface area contributed by atoms with Crippen LogP contribution >= 0.6 is 0 Å². The second-order valence-corrected chi connectivity index (χ2v) is 12.8. The number of halogens is 1. The van der Waals surface area contributed by atoms with Gasteiger partial charge in [-0.15, -0.1) is 0 Å². The molecule has 0 radical (unpaired) electrons. The summed E-state index contributed by atoms with van der Waals surface area (Å²) in [4.78, 5) is 68.6. The zero-order valence-electron chi connectivity index (χ0n) is 29.9. The molecule has 15 nitrogen and oxygen atoms in total. The maximum Gasteiger partial charge on any atom is 0.329 e. The largest absolute Gasteiger partial charge is 0.480 e. The van der Waals surface area contributed by atoms with Gasteiger partial charge in [-0.05, 0) is 42.5 Å². The van der Waals surface area contributed by atoms with E-state index in [9.17, 15) is 29.1 Å². The van der Waals surface area contributed by atoms with Gasteiger partial charge in [-0.1, -0.05) is 47.5 Å². The number of rotatable bonds is 19. The number of benzene rings is 1. The van der Waals surface area contributed by atoms with Crippen molar-refractivity contribution in [2.24, 2.45) is 23.3 Å². The summed E-state index contributed by atoms with van der Waals surface area (Å²) in [6.07, 6.45) is -0.797. The van der Waals surface area contributed by atoms with Crippen molar-refractivity contribution in [3.63, 3.8) is 0 Å². The highest BCUT2D eigenvalue weighted by Crippen LogP contribution is 2.47. The molecule has 4 unspecified atom stereocenters. The van der Waals surface area contributed by atoms with E-state index in [4.69, 9.17) is 30.9 Å². The van der Waals surface area contributed by atoms with Crippen LogP contribution in [0.4, 0.5) is 15.0 Å². The summed E-state index contributed by atoms with van der Waals surface area (Å²) in [5.41, 5.74) is 12.3. The molecule has 1 aromatic carbocycles. The Bertz CT molecular complexity index is 1650. The van der Waals surface area contributed by atoms with Crippen LogP contribution in [0.25, 0.3) is 0 Å². The average Bonchev–Trinajstić information content (AvgIpc) is 3.89. The zero-order valence-corrected chi connectivity index (χ0v) is 29.9. The summed E-state index contributed by atoms with van der Waals surface area (Å²) in [7, 11) is 0. The van der Waals surface area contributed by atoms with Crippen LogP contribution in [0.3, 0.4) is 0 Å². The predicted molar refractivity (Wildman–Crippen MR) is 185 cm³/mol. The summed E-state index contributed by atoms with van der Waals surface area (Å²) in [5, 5.41) is 23.8. The first-order valence-electron chi connectivity index (χ1n) is 17.2. The van der Waals surface area contributed by atoms with E-state index < -0.39 is 85.0 Å². The minimum absolute atomic E-state index is 0.0442. The number of nitriles is 1. The van der Waals surface area contributed by atoms with Crippen LogP contribution < -0.4 is 22.1 Å². The fourth-order valence-electron chi connectivity index (χ4n) is 5.41. The third-order valence-corrected chi connectivity index (χ3v) is 9.20. The number of nitrogens with zero attached hydrogens (tertiary/aromatic N) is 2. The number of carbonyl (C=O) groups excluding carboxylic acids is 4. The molecular formula is C36H47FN6O9. The van der Waals surface area contributed by atoms with E-state index in [-0.39, 0.29) is 52.7 Å². The van der Waals surface area contributed by atoms with Gasteiger partial charge in [0.25, 0.3) is 0 Å². The normalized spacial score (nSPS) is 18.4. The lowest BCUT2D eigenvalue weighted by molar-refractivity contribution is -0.172. The standard InChI is InChI=1S/C36H47FN6O9/c1-6-18(4)31(39)34(47)51-16-26(50-17-28(45)46)33(52-35(48)32(40)19(5)7-2)30-21(25(44)8-3)10-11-23(37)29(30)22-13-24(22)42-36(49)43-27-12-9-20(14-38)15-41-27/h9-12,15,18-19,22,24,26,31-33H,6-8,13,16-17,39-40H2,1-5H3,(H,45,46)(H2,41,42,43,49)/t18-,19-,22?,24?,26?,31-,32-,33?/m1/s1. The highest BCUT2D eigenvalue weighted by Gasteiger charge is 2.47. The van der Waals surface area contributed by atoms with Crippen LogP contribution in [0, 0.1) is 29.0 Å². The van der Waals surface area contributed by atoms with Gasteiger partial charge in [-0.25, -0.2) is 19.0 Å². The van der Waals surface area contributed by atoms with Crippen molar-refractivity contribution in [1.29, 1.82) is 5.26 Å². The Morgan fingerprint density at radius 3 is 2.25 bits per heavy atom. The summed E-state index contributed by atoms with van der Waals surface area (Å²) < 4.78 is 33.2. The molecule has 0 aliphatic heterocycles. The lowest BCUT2D eigenvalue weighted by Crippen LogP contribution is -2.43. The minimum atomic E-state index is -1.70. The third-order valence-electron chi connectivity index (χ3n) is 9.20. The van der Waals surface area contributed by atoms with Crippen LogP contribution in [-0.4, -0.2) is 77.3 Å². The molecule has 52 heavy (non-hydrogen) atoms. The molecule has 1 fully saturated rings. The average molecular weight is 727 g/mol. The van der Waals surface area contributed by atoms with Crippen molar-refractivity contribution in [1.82, 2.24) is 10.3 Å². The molecule has 1 aliphatic carbocycles. The first kappa shape index (κ1) is 41.4. The first-order chi connectivity index (χ1) is 24.7. The molecule has 0 spiro atoms. The Morgan fingerprint density at radius 1 is 1.04 bits per heavy atom. The number of esters is 2. The summed E-state index contributed by atoms with van der Waals surface area (Å²) in [6.45, 7) is 7.06. The van der Waals surface area contributed by atoms with Crippen molar-refractivity contribution in [3.05, 3.63) is 58.5 Å². The smallest absolute Gasteiger partial charge is 0.329 e. The van der Waals surface area contributed by atoms with E-state index in [0.29, 0.717) is 12.8 Å². The highest BCUT2D eigenvalue weighted by atomic mass is 19.1. The van der Waals surface area contributed by atoms with Crippen LogP contribution in [0.2, 0.25) is 0 Å². The Balaban J connectivity index is 2.11. The number of hydrogen-bond donors (Lipinski definition) is 5. The number of carbonyl (C=O) groups is 5. The Morgan fingerprint density at radius 2 is 1.69 bits per heavy atom. The molecule has 1 saturated carbocycles. The second kappa shape index (κ2) is 19.0. The van der Waals surface area contributed by atoms with E-state index in [1.165, 1.54) is 24.4 Å². The molecule has 1 heterocycles. The summed E-state index contributed by atoms with van der Waals surface area (Å²) >= 11 is 0. The lowest BCUT2D eigenvalue weighted by Gasteiger charge is -2.32. The van der Waals surface area contributed by atoms with Gasteiger partial charge in [-0.2, -0.15) is 5.26 Å². The van der Waals surface area contributed by atoms with Crippen molar-refractivity contribution in [3.8, 4) is 6.07 Å². The van der Waals surface area contributed by atoms with Crippen molar-refractivity contribution < 1.29 is 47.7 Å². The van der Waals surface area contributed by atoms with Gasteiger partial charge >= 0.3 is 23.9 Å². The van der Waals surface area contributed by atoms with Gasteiger partial charge < -0.3 is 36.1 Å². The number of aromatic nitrogens is 1. The van der Waals surface area contributed by atoms with Crippen molar-refractivity contribution in [2.75, 3.05) is 18.5 Å². The number of carboxylic acid groups (broad SMARTS) is 1. The van der Waals surface area contributed by atoms with Gasteiger partial charge in [-0.3, -0.25) is 19.7 Å². The highest BCUT2D eigenvalue weighted by molar-refractivity contribution is 5.98. The molecule has 2 amide bonds. The van der Waals surface area contributed by atoms with E-state index in [2.05, 4.69) is 15.6 Å². The Labute approximate surface area is 301 Å². The number of Topliss-reactive ketones (excluding diaryl/α,β-unsaturated/α-hetero) is 1. The molecule has 7 N–H and O–H groups in total. The van der Waals surface area contributed by atoms with Crippen molar-refractivity contribution in [2.45, 2.75) is 96.6 Å². The van der Waals surface area contributed by atoms with E-state index >= 15 is 4.39 Å². The zero-order chi connectivity index (χ0) is 38.7. The molecule has 3 rings (SSSR count). The van der Waals surface area contributed by atoms with Crippen LogP contribution in [-0.2, 0) is 28.6 Å². The number of nitrogens with two attached hydrogens (primary N) is 2. The maximum absolute atomic E-state index is 16.1. The van der Waals surface area contributed by atoms with Crippen molar-refractivity contribution >= 4 is 35.5 Å². The topological polar surface area (TPSA) is 246 Å². The molecule has 8 atom stereocenters.